The number of amides is 6. The number of carbonyl (C=O) groups is 8. The van der Waals surface area contributed by atoms with Crippen molar-refractivity contribution in [1.29, 1.82) is 0 Å². The topological polar surface area (TPSA) is 369 Å². The summed E-state index contributed by atoms with van der Waals surface area (Å²) in [7, 11) is 2.92. The second-order valence-electron chi connectivity index (χ2n) is 21.9. The number of rotatable bonds is 17. The van der Waals surface area contributed by atoms with Crippen LogP contribution >= 0.6 is 68.0 Å². The molecular formula is C60H63N13O13S6. The predicted octanol–water partition coefficient (Wildman–Crippen LogP) is 9.15. The van der Waals surface area contributed by atoms with Gasteiger partial charge in [-0.3, -0.25) is 38.5 Å². The van der Waals surface area contributed by atoms with E-state index in [9.17, 15) is 53.7 Å². The molecule has 92 heavy (non-hydrogen) atoms. The lowest BCUT2D eigenvalue weighted by molar-refractivity contribution is -0.142. The van der Waals surface area contributed by atoms with Crippen LogP contribution in [0.5, 0.6) is 0 Å². The van der Waals surface area contributed by atoms with E-state index in [2.05, 4.69) is 26.6 Å². The van der Waals surface area contributed by atoms with E-state index < -0.39 is 90.4 Å². The van der Waals surface area contributed by atoms with Crippen LogP contribution in [-0.2, 0) is 35.3 Å². The summed E-state index contributed by atoms with van der Waals surface area (Å²) in [6.45, 7) is 5.02. The molecule has 482 valence electrons. The summed E-state index contributed by atoms with van der Waals surface area (Å²) in [5.74, 6) is -5.57. The quantitative estimate of drug-likeness (QED) is 0.0394. The van der Waals surface area contributed by atoms with Crippen molar-refractivity contribution in [2.24, 2.45) is 11.8 Å². The summed E-state index contributed by atoms with van der Waals surface area (Å²) in [6.07, 6.45) is -0.759. The minimum atomic E-state index is -1.31. The fourth-order valence-corrected chi connectivity index (χ4v) is 15.8. The number of unbranched alkanes of at least 4 members (excludes halogenated alkanes) is 2. The van der Waals surface area contributed by atoms with Gasteiger partial charge in [-0.25, -0.2) is 39.7 Å². The normalized spacial score (nSPS) is 18.3. The van der Waals surface area contributed by atoms with E-state index in [-0.39, 0.29) is 66.2 Å². The minimum absolute atomic E-state index is 0.00912. The van der Waals surface area contributed by atoms with Crippen molar-refractivity contribution >= 4 is 121 Å². The van der Waals surface area contributed by atoms with Gasteiger partial charge in [0.25, 0.3) is 17.7 Å². The second-order valence-corrected chi connectivity index (χ2v) is 27.7. The summed E-state index contributed by atoms with van der Waals surface area (Å²) >= 11 is 7.01. The van der Waals surface area contributed by atoms with E-state index in [0.717, 1.165) is 34.0 Å². The smallest absolute Gasteiger partial charge is 0.415 e. The number of aromatic nitrogens is 7. The molecule has 1 saturated carbocycles. The average molecular weight is 1370 g/mol. The Labute approximate surface area is 550 Å². The highest BCUT2D eigenvalue weighted by molar-refractivity contribution is 7.15. The molecule has 6 atom stereocenters. The molecule has 0 saturated heterocycles. The van der Waals surface area contributed by atoms with Crippen molar-refractivity contribution in [2.75, 3.05) is 32.1 Å². The number of nitrogens with zero attached hydrogens (tertiary/aromatic N) is 8. The largest absolute Gasteiger partial charge is 0.481 e. The van der Waals surface area contributed by atoms with Crippen LogP contribution in [0.4, 0.5) is 10.6 Å². The van der Waals surface area contributed by atoms with Gasteiger partial charge in [0.2, 0.25) is 11.8 Å². The van der Waals surface area contributed by atoms with E-state index in [1.165, 1.54) is 53.1 Å². The predicted molar refractivity (Wildman–Crippen MR) is 346 cm³/mol. The number of benzene rings is 1. The van der Waals surface area contributed by atoms with Crippen molar-refractivity contribution in [3.63, 3.8) is 0 Å². The number of thiazole rings is 6. The molecular weight excluding hydrogens is 1300 g/mol. The minimum Gasteiger partial charge on any atom is -0.481 e. The van der Waals surface area contributed by atoms with E-state index in [1.807, 2.05) is 13.8 Å². The molecule has 0 radical (unpaired) electrons. The number of carbonyl (C=O) groups excluding carboxylic acids is 6. The van der Waals surface area contributed by atoms with Crippen LogP contribution in [0.2, 0.25) is 0 Å². The van der Waals surface area contributed by atoms with Crippen LogP contribution in [-0.4, -0.2) is 131 Å². The third-order valence-corrected chi connectivity index (χ3v) is 20.7. The number of hydrogen-bond donors (Lipinski definition) is 8. The highest BCUT2D eigenvalue weighted by Gasteiger charge is 2.36. The molecule has 1 unspecified atom stereocenters. The highest BCUT2D eigenvalue weighted by Crippen LogP contribution is 2.41. The summed E-state index contributed by atoms with van der Waals surface area (Å²) in [5.41, 5.74) is 2.36. The Morgan fingerprint density at radius 3 is 2.17 bits per heavy atom. The van der Waals surface area contributed by atoms with Gasteiger partial charge in [-0.05, 0) is 62.6 Å². The fraction of sp³-hybridized carbons (Fsp3) is 0.383. The summed E-state index contributed by atoms with van der Waals surface area (Å²) in [5, 5.41) is 53.8. The van der Waals surface area contributed by atoms with Gasteiger partial charge in [0.1, 0.15) is 88.3 Å². The van der Waals surface area contributed by atoms with Gasteiger partial charge in [-0.15, -0.1) is 68.0 Å². The second kappa shape index (κ2) is 29.9. The summed E-state index contributed by atoms with van der Waals surface area (Å²) in [6, 6.07) is 9.28. The lowest BCUT2D eigenvalue weighted by Crippen LogP contribution is -2.40. The van der Waals surface area contributed by atoms with Gasteiger partial charge < -0.3 is 51.4 Å². The molecule has 6 amide bonds. The van der Waals surface area contributed by atoms with Crippen LogP contribution in [0.25, 0.3) is 43.4 Å². The number of hydrogen-bond acceptors (Lipinski definition) is 24. The Hall–Kier alpha value is -8.37. The molecule has 2 aliphatic rings. The van der Waals surface area contributed by atoms with Gasteiger partial charge in [0.15, 0.2) is 0 Å². The summed E-state index contributed by atoms with van der Waals surface area (Å²) < 4.78 is 11.3. The monoisotopic (exact) mass is 1370 g/mol. The third kappa shape index (κ3) is 15.7. The molecule has 32 heteroatoms. The molecule has 26 nitrogen and oxygen atoms in total. The highest BCUT2D eigenvalue weighted by atomic mass is 32.1. The number of aliphatic hydroxyl groups is 1. The number of aliphatic carboxylic acids is 2. The van der Waals surface area contributed by atoms with Crippen LogP contribution in [0.1, 0.15) is 151 Å². The number of carboxylic acids is 2. The molecule has 10 bridgehead atoms. The molecule has 1 aromatic carbocycles. The van der Waals surface area contributed by atoms with Crippen molar-refractivity contribution in [3.8, 4) is 43.4 Å². The maximum atomic E-state index is 14.4. The van der Waals surface area contributed by atoms with Crippen LogP contribution in [0.3, 0.4) is 0 Å². The maximum absolute atomic E-state index is 14.4. The molecule has 8 N–H and O–H groups in total. The molecule has 8 heterocycles. The Morgan fingerprint density at radius 1 is 0.707 bits per heavy atom. The number of aliphatic hydroxyl groups excluding tert-OH is 1. The number of nitrogens with one attached hydrogen (secondary N) is 5. The van der Waals surface area contributed by atoms with Gasteiger partial charge >= 0.3 is 18.0 Å². The van der Waals surface area contributed by atoms with E-state index in [1.54, 1.807) is 70.9 Å². The SMILES string of the molecule is CNC(=O)C[C@@H]1NC(=O)c2csc(n2)-c2ccc(-c3nc(N(CCCCCC(=O)O)C(=O)O[C@H]4CC[C@H](C(=O)O)C4)cs3)nc2-c2csc(n2)-c2csc(n2)[C@H]([C@@H](O)c2ccccc2)NC(=O)CNC(=O)c2nc(sc2COC)C(C(C)C)NC(=O)c2nc1sc2C. The molecule has 1 aliphatic carbocycles. The first-order valence-electron chi connectivity index (χ1n) is 29.1. The van der Waals surface area contributed by atoms with Crippen LogP contribution in [0.15, 0.2) is 64.0 Å². The zero-order valence-electron chi connectivity index (χ0n) is 50.1. The zero-order chi connectivity index (χ0) is 65.3. The molecule has 10 rings (SSSR count). The average Bonchev–Trinajstić information content (AvgIpc) is 1.62. The Morgan fingerprint density at radius 2 is 1.43 bits per heavy atom. The van der Waals surface area contributed by atoms with Crippen molar-refractivity contribution < 1.29 is 63.1 Å². The van der Waals surface area contributed by atoms with Crippen molar-refractivity contribution in [2.45, 2.75) is 109 Å². The third-order valence-electron chi connectivity index (χ3n) is 15.0. The summed E-state index contributed by atoms with van der Waals surface area (Å²) in [4.78, 5) is 143. The first-order valence-corrected chi connectivity index (χ1v) is 34.3. The molecule has 8 aromatic rings. The number of methoxy groups -OCH3 is 1. The van der Waals surface area contributed by atoms with Gasteiger partial charge in [0.05, 0.1) is 48.1 Å². The fourth-order valence-electron chi connectivity index (χ4n) is 10.2. The lowest BCUT2D eigenvalue weighted by atomic mass is 10.0. The van der Waals surface area contributed by atoms with E-state index >= 15 is 0 Å². The molecule has 1 aliphatic heterocycles. The van der Waals surface area contributed by atoms with Gasteiger partial charge in [-0.2, -0.15) is 0 Å². The first kappa shape index (κ1) is 66.5. The van der Waals surface area contributed by atoms with E-state index in [4.69, 9.17) is 44.4 Å². The number of aryl methyl sites for hydroxylation is 1. The Balaban J connectivity index is 1.04. The molecule has 7 aromatic heterocycles. The van der Waals surface area contributed by atoms with Gasteiger partial charge in [-0.1, -0.05) is 50.6 Å². The Kier molecular flexibility index (Phi) is 21.7. The van der Waals surface area contributed by atoms with Crippen molar-refractivity contribution in [1.82, 2.24) is 61.5 Å². The molecule has 0 spiro atoms. The first-order chi connectivity index (χ1) is 44.2. The number of fused-ring (bicyclic) bond motifs is 14. The number of pyridine rings is 1. The Bertz CT molecular complexity index is 4030. The van der Waals surface area contributed by atoms with Crippen LogP contribution < -0.4 is 31.5 Å². The van der Waals surface area contributed by atoms with Gasteiger partial charge in [0, 0.05) is 59.1 Å². The van der Waals surface area contributed by atoms with Crippen molar-refractivity contribution in [3.05, 3.63) is 111 Å². The standard InChI is InChI=1S/C60H63N13O13S6/c1-28(2)44-58-72-47(39(92-58)23-85-5)51(80)62-22-42(75)69-48(49(78)30-12-8-6-9-13-30)57-67-38(26-89-57)55-65-36(24-88-55)46-33(53-66-37(25-87-53)50(79)64-35(21-41(74)61-4)56-71-45(29(3)91-56)52(81)70-44)17-18-34(63-46)54-68-40(27-90-54)73(19-11-7-10-14-43(76)77)60(84)86-32-16-15-31(20-32)59(82)83/h6,8-9,12-13,17-18,24-28,31-32,35,44,48-49,78H,7,10-11,14-16,19-23H2,1-5H3,(H,61,74)(H,62,80)(H,64,79)(H,69,75)(H,70,81)(H,76,77)(H,82,83)/t31-,32-,35-,44?,48-,49-/m0/s1. The maximum Gasteiger partial charge on any atom is 0.415 e. The zero-order valence-corrected chi connectivity index (χ0v) is 55.0. The lowest BCUT2D eigenvalue weighted by Gasteiger charge is -2.23. The van der Waals surface area contributed by atoms with Crippen LogP contribution in [0, 0.1) is 18.8 Å². The molecule has 1 fully saturated rings. The number of ether oxygens (including phenoxy) is 2. The number of anilines is 1. The van der Waals surface area contributed by atoms with E-state index in [0.29, 0.717) is 101 Å². The number of carboxylic acid groups (broad SMARTS) is 2.